The minimum atomic E-state index is -4.14. The number of ether oxygens (including phenoxy) is 1. The van der Waals surface area contributed by atoms with Gasteiger partial charge in [0, 0.05) is 20.0 Å². The van der Waals surface area contributed by atoms with Crippen LogP contribution < -0.4 is 15.4 Å². The molecule has 6 nitrogen and oxygen atoms in total. The maximum Gasteiger partial charge on any atom is 0.389 e. The average molecular weight is 265 g/mol. The molecule has 0 bridgehead atoms. The molecule has 0 unspecified atom stereocenters. The second-order valence-electron chi connectivity index (χ2n) is 3.36. The average Bonchev–Trinajstić information content (AvgIpc) is 2.33. The lowest BCUT2D eigenvalue weighted by Crippen LogP contribution is -2.13. The highest BCUT2D eigenvalue weighted by Gasteiger charge is 2.25. The summed E-state index contributed by atoms with van der Waals surface area (Å²) in [6.07, 6.45) is -5.04. The van der Waals surface area contributed by atoms with Gasteiger partial charge >= 0.3 is 12.2 Å². The highest BCUT2D eigenvalue weighted by molar-refractivity contribution is 5.35. The molecule has 18 heavy (non-hydrogen) atoms. The summed E-state index contributed by atoms with van der Waals surface area (Å²) in [4.78, 5) is 11.6. The van der Waals surface area contributed by atoms with E-state index in [0.29, 0.717) is 0 Å². The first-order valence-electron chi connectivity index (χ1n) is 5.23. The van der Waals surface area contributed by atoms with Gasteiger partial charge in [0.25, 0.3) is 0 Å². The summed E-state index contributed by atoms with van der Waals surface area (Å²) in [5, 5.41) is 5.38. The van der Waals surface area contributed by atoms with Crippen molar-refractivity contribution in [3.05, 3.63) is 0 Å². The largest absolute Gasteiger partial charge is 0.467 e. The molecule has 9 heteroatoms. The van der Waals surface area contributed by atoms with Crippen molar-refractivity contribution in [2.24, 2.45) is 0 Å². The predicted octanol–water partition coefficient (Wildman–Crippen LogP) is 1.68. The van der Waals surface area contributed by atoms with Crippen LogP contribution in [-0.2, 0) is 0 Å². The maximum atomic E-state index is 11.9. The zero-order valence-corrected chi connectivity index (χ0v) is 10.0. The molecule has 0 radical (unpaired) electrons. The second-order valence-corrected chi connectivity index (χ2v) is 3.36. The number of halogens is 3. The van der Waals surface area contributed by atoms with Crippen LogP contribution in [0.1, 0.15) is 12.8 Å². The lowest BCUT2D eigenvalue weighted by molar-refractivity contribution is -0.134. The fourth-order valence-electron chi connectivity index (χ4n) is 1.13. The Hall–Kier alpha value is -1.80. The summed E-state index contributed by atoms with van der Waals surface area (Å²) in [5.41, 5.74) is 0. The fraction of sp³-hybridized carbons (Fsp3) is 0.667. The van der Waals surface area contributed by atoms with Crippen molar-refractivity contribution < 1.29 is 17.9 Å². The van der Waals surface area contributed by atoms with Crippen LogP contribution in [-0.4, -0.2) is 41.8 Å². The van der Waals surface area contributed by atoms with Gasteiger partial charge in [0.15, 0.2) is 0 Å². The zero-order valence-electron chi connectivity index (χ0n) is 10.0. The van der Waals surface area contributed by atoms with E-state index in [9.17, 15) is 13.2 Å². The van der Waals surface area contributed by atoms with E-state index in [2.05, 4.69) is 25.6 Å². The van der Waals surface area contributed by atoms with Crippen molar-refractivity contribution >= 4 is 11.9 Å². The van der Waals surface area contributed by atoms with E-state index in [-0.39, 0.29) is 30.9 Å². The molecule has 0 saturated heterocycles. The van der Waals surface area contributed by atoms with E-state index in [1.807, 2.05) is 0 Å². The summed E-state index contributed by atoms with van der Waals surface area (Å²) >= 11 is 0. The normalized spacial score (nSPS) is 11.2. The summed E-state index contributed by atoms with van der Waals surface area (Å²) in [6.45, 7) is 0.121. The van der Waals surface area contributed by atoms with Crippen LogP contribution in [0.5, 0.6) is 6.01 Å². The summed E-state index contributed by atoms with van der Waals surface area (Å²) in [5.74, 6) is 0.452. The smallest absolute Gasteiger partial charge is 0.389 e. The van der Waals surface area contributed by atoms with Gasteiger partial charge in [0.2, 0.25) is 11.9 Å². The lowest BCUT2D eigenvalue weighted by atomic mass is 10.3. The van der Waals surface area contributed by atoms with Gasteiger partial charge in [-0.1, -0.05) is 0 Å². The van der Waals surface area contributed by atoms with Gasteiger partial charge in [-0.2, -0.15) is 28.1 Å². The minimum absolute atomic E-state index is 0.0492. The molecule has 0 aliphatic heterocycles. The highest BCUT2D eigenvalue weighted by atomic mass is 19.4. The monoisotopic (exact) mass is 265 g/mol. The van der Waals surface area contributed by atoms with Crippen LogP contribution in [0.2, 0.25) is 0 Å². The van der Waals surface area contributed by atoms with E-state index < -0.39 is 12.6 Å². The predicted molar refractivity (Wildman–Crippen MR) is 59.7 cm³/mol. The van der Waals surface area contributed by atoms with Gasteiger partial charge in [-0.05, 0) is 6.42 Å². The van der Waals surface area contributed by atoms with Crippen LogP contribution >= 0.6 is 0 Å². The molecular weight excluding hydrogens is 251 g/mol. The number of rotatable bonds is 6. The number of anilines is 2. The van der Waals surface area contributed by atoms with Crippen molar-refractivity contribution in [3.63, 3.8) is 0 Å². The number of nitrogens with one attached hydrogen (secondary N) is 2. The third-order valence-corrected chi connectivity index (χ3v) is 1.94. The number of hydrogen-bond acceptors (Lipinski definition) is 6. The number of methoxy groups -OCH3 is 1. The Morgan fingerprint density at radius 1 is 1.17 bits per heavy atom. The van der Waals surface area contributed by atoms with Gasteiger partial charge in [0.1, 0.15) is 0 Å². The molecule has 2 N–H and O–H groups in total. The highest BCUT2D eigenvalue weighted by Crippen LogP contribution is 2.21. The third kappa shape index (κ3) is 5.02. The van der Waals surface area contributed by atoms with Crippen LogP contribution in [0.3, 0.4) is 0 Å². The van der Waals surface area contributed by atoms with Crippen LogP contribution in [0, 0.1) is 0 Å². The van der Waals surface area contributed by atoms with Crippen LogP contribution in [0.4, 0.5) is 25.1 Å². The molecule has 0 fully saturated rings. The number of nitrogens with zero attached hydrogens (tertiary/aromatic N) is 3. The molecule has 1 aromatic heterocycles. The van der Waals surface area contributed by atoms with Crippen LogP contribution in [0.15, 0.2) is 0 Å². The minimum Gasteiger partial charge on any atom is -0.467 e. The lowest BCUT2D eigenvalue weighted by Gasteiger charge is -2.08. The van der Waals surface area contributed by atoms with Crippen molar-refractivity contribution in [3.8, 4) is 6.01 Å². The molecule has 0 spiro atoms. The van der Waals surface area contributed by atoms with Crippen molar-refractivity contribution in [2.75, 3.05) is 31.3 Å². The van der Waals surface area contributed by atoms with Crippen molar-refractivity contribution in [1.82, 2.24) is 15.0 Å². The Balaban J connectivity index is 2.51. The Kier molecular flexibility index (Phi) is 4.93. The zero-order chi connectivity index (χ0) is 13.6. The van der Waals surface area contributed by atoms with Gasteiger partial charge in [0.05, 0.1) is 7.11 Å². The van der Waals surface area contributed by atoms with E-state index in [0.717, 1.165) is 0 Å². The van der Waals surface area contributed by atoms with Crippen molar-refractivity contribution in [2.45, 2.75) is 19.0 Å². The molecule has 102 valence electrons. The Morgan fingerprint density at radius 2 is 1.83 bits per heavy atom. The topological polar surface area (TPSA) is 72.0 Å². The molecule has 1 aromatic rings. The Morgan fingerprint density at radius 3 is 2.39 bits per heavy atom. The quantitative estimate of drug-likeness (QED) is 0.762. The van der Waals surface area contributed by atoms with Crippen LogP contribution in [0.25, 0.3) is 0 Å². The second kappa shape index (κ2) is 6.22. The molecule has 0 aromatic carbocycles. The van der Waals surface area contributed by atoms with Crippen molar-refractivity contribution in [1.29, 1.82) is 0 Å². The molecule has 0 aliphatic carbocycles. The first-order valence-corrected chi connectivity index (χ1v) is 5.23. The summed E-state index contributed by atoms with van der Waals surface area (Å²) in [7, 11) is 3.00. The molecule has 0 amide bonds. The molecule has 0 saturated carbocycles. The first kappa shape index (κ1) is 14.3. The number of alkyl halides is 3. The van der Waals surface area contributed by atoms with Gasteiger partial charge in [-0.3, -0.25) is 0 Å². The first-order chi connectivity index (χ1) is 8.44. The molecule has 1 heterocycles. The Labute approximate surface area is 102 Å². The van der Waals surface area contributed by atoms with Gasteiger partial charge < -0.3 is 15.4 Å². The number of aromatic nitrogens is 3. The third-order valence-electron chi connectivity index (χ3n) is 1.94. The molecule has 0 atom stereocenters. The van der Waals surface area contributed by atoms with E-state index >= 15 is 0 Å². The number of hydrogen-bond donors (Lipinski definition) is 2. The maximum absolute atomic E-state index is 11.9. The van der Waals surface area contributed by atoms with E-state index in [4.69, 9.17) is 4.74 Å². The van der Waals surface area contributed by atoms with Gasteiger partial charge in [-0.15, -0.1) is 0 Å². The summed E-state index contributed by atoms with van der Waals surface area (Å²) in [6, 6.07) is 0.0904. The molecular formula is C9H14F3N5O. The SMILES string of the molecule is CNc1nc(NCCCC(F)(F)F)nc(OC)n1. The molecule has 1 rings (SSSR count). The fourth-order valence-corrected chi connectivity index (χ4v) is 1.13. The van der Waals surface area contributed by atoms with E-state index in [1.165, 1.54) is 7.11 Å². The summed E-state index contributed by atoms with van der Waals surface area (Å²) < 4.78 is 40.6. The van der Waals surface area contributed by atoms with Gasteiger partial charge in [-0.25, -0.2) is 0 Å². The Bertz CT molecular complexity index is 363. The standard InChI is InChI=1S/C9H14F3N5O/c1-13-6-15-7(17-8(16-6)18-2)14-5-3-4-9(10,11)12/h3-5H2,1-2H3,(H2,13,14,15,16,17). The molecule has 0 aliphatic rings. The van der Waals surface area contributed by atoms with E-state index in [1.54, 1.807) is 7.05 Å².